The number of benzene rings is 1. The second kappa shape index (κ2) is 8.39. The van der Waals surface area contributed by atoms with Crippen molar-refractivity contribution in [2.75, 3.05) is 21.3 Å². The minimum atomic E-state index is 0.0538. The van der Waals surface area contributed by atoms with Gasteiger partial charge in [-0.1, -0.05) is 6.92 Å². The van der Waals surface area contributed by atoms with Crippen molar-refractivity contribution in [3.8, 4) is 17.2 Å². The fraction of sp³-hybridized carbons (Fsp3) is 0.562. The third kappa shape index (κ3) is 4.85. The highest BCUT2D eigenvalue weighted by molar-refractivity contribution is 5.76. The molecule has 5 heteroatoms. The summed E-state index contributed by atoms with van der Waals surface area (Å²) in [5.74, 6) is 1.83. The molecule has 0 spiro atoms. The van der Waals surface area contributed by atoms with E-state index >= 15 is 0 Å². The standard InChI is InChI=1S/C16H25NO4/c1-6-11(2)17-15(18)8-7-12-9-13(19-3)16(21-5)14(10-12)20-4/h9-11H,6-8H2,1-5H3,(H,17,18). The van der Waals surface area contributed by atoms with Gasteiger partial charge in [0, 0.05) is 12.5 Å². The van der Waals surface area contributed by atoms with Crippen LogP contribution in [0.4, 0.5) is 0 Å². The highest BCUT2D eigenvalue weighted by atomic mass is 16.5. The molecule has 1 aromatic rings. The number of hydrogen-bond donors (Lipinski definition) is 1. The topological polar surface area (TPSA) is 56.8 Å². The Kier molecular flexibility index (Phi) is 6.85. The summed E-state index contributed by atoms with van der Waals surface area (Å²) >= 11 is 0. The molecule has 118 valence electrons. The molecule has 0 bridgehead atoms. The molecular weight excluding hydrogens is 270 g/mol. The number of methoxy groups -OCH3 is 3. The number of aryl methyl sites for hydroxylation is 1. The zero-order chi connectivity index (χ0) is 15.8. The fourth-order valence-corrected chi connectivity index (χ4v) is 1.99. The highest BCUT2D eigenvalue weighted by Gasteiger charge is 2.14. The van der Waals surface area contributed by atoms with Crippen LogP contribution >= 0.6 is 0 Å². The van der Waals surface area contributed by atoms with Crippen molar-refractivity contribution in [2.24, 2.45) is 0 Å². The number of hydrogen-bond acceptors (Lipinski definition) is 4. The average Bonchev–Trinajstić information content (AvgIpc) is 2.51. The van der Waals surface area contributed by atoms with Crippen molar-refractivity contribution >= 4 is 5.91 Å². The molecule has 0 fully saturated rings. The Morgan fingerprint density at radius 2 is 1.71 bits per heavy atom. The van der Waals surface area contributed by atoms with Crippen molar-refractivity contribution in [2.45, 2.75) is 39.2 Å². The van der Waals surface area contributed by atoms with Crippen LogP contribution < -0.4 is 19.5 Å². The van der Waals surface area contributed by atoms with Gasteiger partial charge in [0.2, 0.25) is 11.7 Å². The van der Waals surface area contributed by atoms with E-state index in [-0.39, 0.29) is 11.9 Å². The summed E-state index contributed by atoms with van der Waals surface area (Å²) in [7, 11) is 4.73. The molecule has 21 heavy (non-hydrogen) atoms. The minimum absolute atomic E-state index is 0.0538. The van der Waals surface area contributed by atoms with E-state index in [0.29, 0.717) is 30.1 Å². The molecule has 1 rings (SSSR count). The van der Waals surface area contributed by atoms with Gasteiger partial charge < -0.3 is 19.5 Å². The van der Waals surface area contributed by atoms with Gasteiger partial charge in [0.05, 0.1) is 21.3 Å². The zero-order valence-corrected chi connectivity index (χ0v) is 13.5. The Morgan fingerprint density at radius 3 is 2.14 bits per heavy atom. The molecule has 0 aromatic heterocycles. The van der Waals surface area contributed by atoms with Crippen molar-refractivity contribution in [1.82, 2.24) is 5.32 Å². The summed E-state index contributed by atoms with van der Waals surface area (Å²) in [5, 5.41) is 2.95. The first-order valence-electron chi connectivity index (χ1n) is 7.13. The molecule has 1 amide bonds. The summed E-state index contributed by atoms with van der Waals surface area (Å²) in [6, 6.07) is 3.95. The monoisotopic (exact) mass is 295 g/mol. The molecule has 0 heterocycles. The van der Waals surface area contributed by atoms with Crippen molar-refractivity contribution in [1.29, 1.82) is 0 Å². The Hall–Kier alpha value is -1.91. The predicted octanol–water partition coefficient (Wildman–Crippen LogP) is 2.56. The molecular formula is C16H25NO4. The third-order valence-corrected chi connectivity index (χ3v) is 3.39. The van der Waals surface area contributed by atoms with Gasteiger partial charge in [-0.2, -0.15) is 0 Å². The van der Waals surface area contributed by atoms with Gasteiger partial charge in [-0.15, -0.1) is 0 Å². The van der Waals surface area contributed by atoms with Gasteiger partial charge in [-0.3, -0.25) is 4.79 Å². The summed E-state index contributed by atoms with van der Waals surface area (Å²) in [5.41, 5.74) is 0.976. The molecule has 0 aliphatic carbocycles. The zero-order valence-electron chi connectivity index (χ0n) is 13.5. The molecule has 5 nitrogen and oxygen atoms in total. The normalized spacial score (nSPS) is 11.7. The molecule has 0 radical (unpaired) electrons. The fourth-order valence-electron chi connectivity index (χ4n) is 1.99. The second-order valence-corrected chi connectivity index (χ2v) is 4.91. The third-order valence-electron chi connectivity index (χ3n) is 3.39. The maximum atomic E-state index is 11.8. The van der Waals surface area contributed by atoms with Crippen LogP contribution in [0.5, 0.6) is 17.2 Å². The molecule has 1 atom stereocenters. The average molecular weight is 295 g/mol. The summed E-state index contributed by atoms with van der Waals surface area (Å²) in [6.07, 6.45) is 1.98. The van der Waals surface area contributed by atoms with Crippen molar-refractivity contribution < 1.29 is 19.0 Å². The van der Waals surface area contributed by atoms with Crippen LogP contribution in [0.2, 0.25) is 0 Å². The summed E-state index contributed by atoms with van der Waals surface area (Å²) in [4.78, 5) is 11.8. The van der Waals surface area contributed by atoms with Crippen LogP contribution in [-0.2, 0) is 11.2 Å². The van der Waals surface area contributed by atoms with Gasteiger partial charge in [0.25, 0.3) is 0 Å². The van der Waals surface area contributed by atoms with Crippen LogP contribution in [-0.4, -0.2) is 33.3 Å². The van der Waals surface area contributed by atoms with E-state index in [1.165, 1.54) is 0 Å². The minimum Gasteiger partial charge on any atom is -0.493 e. The van der Waals surface area contributed by atoms with Crippen molar-refractivity contribution in [3.05, 3.63) is 17.7 Å². The summed E-state index contributed by atoms with van der Waals surface area (Å²) in [6.45, 7) is 4.04. The Balaban J connectivity index is 2.78. The molecule has 0 aliphatic heterocycles. The van der Waals surface area contributed by atoms with E-state index in [2.05, 4.69) is 5.32 Å². The van der Waals surface area contributed by atoms with Gasteiger partial charge in [-0.25, -0.2) is 0 Å². The Morgan fingerprint density at radius 1 is 1.14 bits per heavy atom. The summed E-state index contributed by atoms with van der Waals surface area (Å²) < 4.78 is 15.9. The maximum Gasteiger partial charge on any atom is 0.220 e. The van der Waals surface area contributed by atoms with E-state index < -0.39 is 0 Å². The largest absolute Gasteiger partial charge is 0.493 e. The molecule has 1 aromatic carbocycles. The number of nitrogens with one attached hydrogen (secondary N) is 1. The van der Waals surface area contributed by atoms with Crippen LogP contribution in [0.1, 0.15) is 32.3 Å². The number of carbonyl (C=O) groups excluding carboxylic acids is 1. The number of rotatable bonds is 8. The SMILES string of the molecule is CCC(C)NC(=O)CCc1cc(OC)c(OC)c(OC)c1. The molecule has 0 aliphatic rings. The van der Waals surface area contributed by atoms with Gasteiger partial charge in [0.15, 0.2) is 11.5 Å². The predicted molar refractivity (Wildman–Crippen MR) is 82.3 cm³/mol. The van der Waals surface area contributed by atoms with E-state index in [1.54, 1.807) is 21.3 Å². The van der Waals surface area contributed by atoms with Crippen LogP contribution in [0.15, 0.2) is 12.1 Å². The molecule has 1 unspecified atom stereocenters. The smallest absolute Gasteiger partial charge is 0.220 e. The molecule has 0 saturated heterocycles. The maximum absolute atomic E-state index is 11.8. The molecule has 0 saturated carbocycles. The van der Waals surface area contributed by atoms with Crippen LogP contribution in [0.25, 0.3) is 0 Å². The second-order valence-electron chi connectivity index (χ2n) is 4.91. The van der Waals surface area contributed by atoms with Crippen LogP contribution in [0, 0.1) is 0 Å². The lowest BCUT2D eigenvalue weighted by molar-refractivity contribution is -0.121. The number of ether oxygens (including phenoxy) is 3. The molecule has 1 N–H and O–H groups in total. The first kappa shape index (κ1) is 17.1. The van der Waals surface area contributed by atoms with E-state index in [0.717, 1.165) is 12.0 Å². The van der Waals surface area contributed by atoms with E-state index in [1.807, 2.05) is 26.0 Å². The first-order valence-corrected chi connectivity index (χ1v) is 7.13. The lowest BCUT2D eigenvalue weighted by Gasteiger charge is -2.14. The lowest BCUT2D eigenvalue weighted by Crippen LogP contribution is -2.32. The Labute approximate surface area is 126 Å². The van der Waals surface area contributed by atoms with E-state index in [4.69, 9.17) is 14.2 Å². The highest BCUT2D eigenvalue weighted by Crippen LogP contribution is 2.38. The first-order chi connectivity index (χ1) is 10.0. The lowest BCUT2D eigenvalue weighted by atomic mass is 10.1. The quantitative estimate of drug-likeness (QED) is 0.801. The van der Waals surface area contributed by atoms with Gasteiger partial charge in [0.1, 0.15) is 0 Å². The number of amides is 1. The van der Waals surface area contributed by atoms with Crippen molar-refractivity contribution in [3.63, 3.8) is 0 Å². The van der Waals surface area contributed by atoms with E-state index in [9.17, 15) is 4.79 Å². The van der Waals surface area contributed by atoms with Gasteiger partial charge >= 0.3 is 0 Å². The Bertz CT molecular complexity index is 448. The van der Waals surface area contributed by atoms with Crippen LogP contribution in [0.3, 0.4) is 0 Å². The number of carbonyl (C=O) groups is 1. The van der Waals surface area contributed by atoms with Gasteiger partial charge in [-0.05, 0) is 37.5 Å².